The van der Waals surface area contributed by atoms with Gasteiger partial charge >= 0.3 is 6.09 Å². The number of likely N-dealkylation sites (N-methyl/N-ethyl adjacent to an activating group) is 1. The molecule has 0 unspecified atom stereocenters. The Balaban J connectivity index is 0.998. The summed E-state index contributed by atoms with van der Waals surface area (Å²) in [4.78, 5) is 53.5. The average Bonchev–Trinajstić information content (AvgIpc) is 3.96. The van der Waals surface area contributed by atoms with Crippen LogP contribution in [0.3, 0.4) is 0 Å². The largest absolute Gasteiger partial charge is 0.444 e. The van der Waals surface area contributed by atoms with E-state index in [9.17, 15) is 9.59 Å². The Morgan fingerprint density at radius 3 is 1.77 bits per heavy atom. The van der Waals surface area contributed by atoms with E-state index in [-0.39, 0.29) is 36.0 Å². The smallest absolute Gasteiger partial charge is 0.410 e. The Morgan fingerprint density at radius 1 is 0.788 bits per heavy atom. The number of carbonyl (C=O) groups excluding carboxylic acids is 2. The fourth-order valence-corrected chi connectivity index (χ4v) is 7.41. The third-order valence-corrected chi connectivity index (χ3v) is 10.2. The molecule has 4 aromatic rings. The summed E-state index contributed by atoms with van der Waals surface area (Å²) in [5.74, 6) is 2.62. The maximum absolute atomic E-state index is 13.9. The van der Waals surface area contributed by atoms with Crippen LogP contribution in [0.15, 0.2) is 65.9 Å². The molecular weight excluding hydrogens is 655 g/mol. The van der Waals surface area contributed by atoms with Crippen LogP contribution in [0.5, 0.6) is 0 Å². The number of aliphatic imine (C=N–C) groups is 1. The second kappa shape index (κ2) is 14.5. The van der Waals surface area contributed by atoms with E-state index in [2.05, 4.69) is 92.5 Å². The molecular formula is C40H51N9O3. The minimum Gasteiger partial charge on any atom is -0.444 e. The van der Waals surface area contributed by atoms with Gasteiger partial charge in [0.25, 0.3) is 0 Å². The van der Waals surface area contributed by atoms with Crippen molar-refractivity contribution < 1.29 is 14.3 Å². The number of nitrogens with zero attached hydrogens (tertiary/aromatic N) is 6. The van der Waals surface area contributed by atoms with Crippen LogP contribution < -0.4 is 5.32 Å². The Kier molecular flexibility index (Phi) is 9.82. The number of H-pyrrole nitrogens is 2. The molecule has 12 nitrogen and oxygen atoms in total. The maximum Gasteiger partial charge on any atom is 0.410 e. The van der Waals surface area contributed by atoms with E-state index < -0.39 is 5.60 Å². The summed E-state index contributed by atoms with van der Waals surface area (Å²) in [6.45, 7) is 12.8. The molecule has 3 aliphatic heterocycles. The second-order valence-corrected chi connectivity index (χ2v) is 15.5. The summed E-state index contributed by atoms with van der Waals surface area (Å²) in [6.07, 6.45) is 7.01. The van der Waals surface area contributed by atoms with Gasteiger partial charge in [-0.15, -0.1) is 0 Å². The van der Waals surface area contributed by atoms with Gasteiger partial charge in [0.2, 0.25) is 5.91 Å². The van der Waals surface area contributed by atoms with Crippen LogP contribution in [-0.4, -0.2) is 97.5 Å². The van der Waals surface area contributed by atoms with Crippen molar-refractivity contribution in [2.24, 2.45) is 10.9 Å². The van der Waals surface area contributed by atoms with Gasteiger partial charge in [-0.25, -0.2) is 14.8 Å². The van der Waals surface area contributed by atoms with Crippen molar-refractivity contribution in [1.82, 2.24) is 40.0 Å². The highest BCUT2D eigenvalue weighted by molar-refractivity contribution is 5.90. The van der Waals surface area contributed by atoms with Crippen molar-refractivity contribution in [2.45, 2.75) is 84.0 Å². The number of amides is 2. The molecule has 274 valence electrons. The minimum absolute atomic E-state index is 0.0849. The number of carbonyl (C=O) groups is 2. The van der Waals surface area contributed by atoms with Gasteiger partial charge in [0.15, 0.2) is 5.96 Å². The number of guanidine groups is 1. The monoisotopic (exact) mass is 705 g/mol. The molecule has 2 fully saturated rings. The van der Waals surface area contributed by atoms with Gasteiger partial charge in [0.05, 0.1) is 42.4 Å². The lowest BCUT2D eigenvalue weighted by molar-refractivity contribution is -0.135. The van der Waals surface area contributed by atoms with Gasteiger partial charge in [-0.2, -0.15) is 0 Å². The van der Waals surface area contributed by atoms with Crippen LogP contribution in [0.25, 0.3) is 33.6 Å². The molecule has 2 saturated heterocycles. The zero-order valence-electron chi connectivity index (χ0n) is 31.1. The highest BCUT2D eigenvalue weighted by Gasteiger charge is 2.38. The molecule has 2 aromatic carbocycles. The fourth-order valence-electron chi connectivity index (χ4n) is 7.41. The molecule has 3 N–H and O–H groups in total. The first kappa shape index (κ1) is 35.3. The fraction of sp³-hybridized carbons (Fsp3) is 0.475. The molecule has 3 atom stereocenters. The van der Waals surface area contributed by atoms with E-state index in [0.717, 1.165) is 96.6 Å². The number of likely N-dealkylation sites (tertiary alicyclic amines) is 2. The number of hydrogen-bond donors (Lipinski definition) is 3. The maximum atomic E-state index is 13.9. The summed E-state index contributed by atoms with van der Waals surface area (Å²) in [7, 11) is 2.00. The molecule has 5 heterocycles. The SMILES string of the molecule is CC(C)[C@@H](NC1=NCCN1C)C(=O)N1CCC[C@H]1c1ncc(-c2ccc(-c3ccc(-c4cnc([C@@H]5CCCN5C(=O)OC(C)(C)C)[nH]4)cc3)cc2)[nH]1. The number of rotatable bonds is 8. The quantitative estimate of drug-likeness (QED) is 0.184. The molecule has 7 rings (SSSR count). The van der Waals surface area contributed by atoms with E-state index in [1.165, 1.54) is 0 Å². The molecule has 2 amide bonds. The van der Waals surface area contributed by atoms with Crippen LogP contribution in [0.2, 0.25) is 0 Å². The first-order chi connectivity index (χ1) is 24.9. The van der Waals surface area contributed by atoms with Gasteiger partial charge in [-0.1, -0.05) is 62.4 Å². The molecule has 0 aliphatic carbocycles. The lowest BCUT2D eigenvalue weighted by Gasteiger charge is -2.31. The van der Waals surface area contributed by atoms with Crippen molar-refractivity contribution in [3.8, 4) is 33.6 Å². The normalized spacial score (nSPS) is 19.8. The van der Waals surface area contributed by atoms with Gasteiger partial charge in [-0.3, -0.25) is 14.7 Å². The molecule has 0 radical (unpaired) electrons. The topological polar surface area (TPSA) is 135 Å². The third-order valence-electron chi connectivity index (χ3n) is 10.2. The Bertz CT molecular complexity index is 1900. The molecule has 2 aromatic heterocycles. The van der Waals surface area contributed by atoms with Crippen molar-refractivity contribution in [3.05, 3.63) is 72.6 Å². The number of aromatic amines is 2. The molecule has 52 heavy (non-hydrogen) atoms. The van der Waals surface area contributed by atoms with E-state index in [0.29, 0.717) is 6.54 Å². The van der Waals surface area contributed by atoms with Crippen LogP contribution in [0.1, 0.15) is 84.0 Å². The summed E-state index contributed by atoms with van der Waals surface area (Å²) >= 11 is 0. The Morgan fingerprint density at radius 2 is 1.29 bits per heavy atom. The molecule has 0 bridgehead atoms. The molecule has 0 saturated carbocycles. The average molecular weight is 706 g/mol. The Labute approximate surface area is 306 Å². The van der Waals surface area contributed by atoms with Gasteiger partial charge in [0.1, 0.15) is 23.3 Å². The van der Waals surface area contributed by atoms with Crippen molar-refractivity contribution >= 4 is 18.0 Å². The second-order valence-electron chi connectivity index (χ2n) is 15.5. The number of hydrogen-bond acceptors (Lipinski definition) is 8. The predicted molar refractivity (Wildman–Crippen MR) is 202 cm³/mol. The Hall–Kier alpha value is -5.13. The summed E-state index contributed by atoms with van der Waals surface area (Å²) < 4.78 is 5.64. The van der Waals surface area contributed by atoms with Gasteiger partial charge < -0.3 is 29.8 Å². The zero-order valence-corrected chi connectivity index (χ0v) is 31.1. The highest BCUT2D eigenvalue weighted by atomic mass is 16.6. The number of ether oxygens (including phenoxy) is 1. The molecule has 3 aliphatic rings. The van der Waals surface area contributed by atoms with Crippen molar-refractivity contribution in [3.63, 3.8) is 0 Å². The number of benzene rings is 2. The van der Waals surface area contributed by atoms with Crippen molar-refractivity contribution in [2.75, 3.05) is 33.2 Å². The summed E-state index contributed by atoms with van der Waals surface area (Å²) in [6, 6.07) is 16.3. The first-order valence-corrected chi connectivity index (χ1v) is 18.6. The standard InChI is InChI=1S/C40H51N9O3/c1-25(2)34(46-38-41-19-22-47(38)6)37(50)48-20-7-9-32(48)35-42-23-30(44-35)28-15-11-26(12-16-28)27-13-17-29(18-14-27)31-24-43-36(45-31)33-10-8-21-49(33)39(51)52-40(3,4)5/h11-18,23-25,32-34H,7-10,19-22H2,1-6H3,(H,41,46)(H,42,44)(H,43,45)/t32-,33-,34+/m0/s1. The molecule has 0 spiro atoms. The first-order valence-electron chi connectivity index (χ1n) is 18.6. The minimum atomic E-state index is -0.539. The van der Waals surface area contributed by atoms with Crippen LogP contribution >= 0.6 is 0 Å². The van der Waals surface area contributed by atoms with Crippen LogP contribution in [-0.2, 0) is 9.53 Å². The van der Waals surface area contributed by atoms with E-state index in [1.54, 1.807) is 4.90 Å². The summed E-state index contributed by atoms with van der Waals surface area (Å²) in [5, 5.41) is 3.43. The number of nitrogens with one attached hydrogen (secondary N) is 3. The van der Waals surface area contributed by atoms with Crippen LogP contribution in [0.4, 0.5) is 4.79 Å². The van der Waals surface area contributed by atoms with Gasteiger partial charge in [0, 0.05) is 26.7 Å². The summed E-state index contributed by atoms with van der Waals surface area (Å²) in [5.41, 5.74) is 5.59. The van der Waals surface area contributed by atoms with E-state index in [4.69, 9.17) is 9.72 Å². The van der Waals surface area contributed by atoms with E-state index >= 15 is 0 Å². The molecule has 12 heteroatoms. The lowest BCUT2D eigenvalue weighted by atomic mass is 10.0. The predicted octanol–water partition coefficient (Wildman–Crippen LogP) is 6.78. The van der Waals surface area contributed by atoms with Crippen molar-refractivity contribution in [1.29, 1.82) is 0 Å². The van der Waals surface area contributed by atoms with Gasteiger partial charge in [-0.05, 0) is 74.6 Å². The van der Waals surface area contributed by atoms with E-state index in [1.807, 2.05) is 45.1 Å². The number of imidazole rings is 2. The zero-order chi connectivity index (χ0) is 36.6. The highest BCUT2D eigenvalue weighted by Crippen LogP contribution is 2.35. The number of aromatic nitrogens is 4. The lowest BCUT2D eigenvalue weighted by Crippen LogP contribution is -2.53. The van der Waals surface area contributed by atoms with Crippen LogP contribution in [0, 0.1) is 5.92 Å². The third kappa shape index (κ3) is 7.42.